The van der Waals surface area contributed by atoms with Gasteiger partial charge in [0, 0.05) is 0 Å². The van der Waals surface area contributed by atoms with E-state index in [0.29, 0.717) is 5.56 Å². The molecule has 0 aliphatic rings. The zero-order valence-electron chi connectivity index (χ0n) is 8.34. The van der Waals surface area contributed by atoms with Gasteiger partial charge in [0.25, 0.3) is 0 Å². The first-order valence-corrected chi connectivity index (χ1v) is 4.44. The number of hydrogen-bond acceptors (Lipinski definition) is 4. The van der Waals surface area contributed by atoms with E-state index in [1.807, 2.05) is 6.07 Å². The number of carbonyl (C=O) groups is 1. The standard InChI is InChI=1S/C10H10N4O2/c11-5-8-1-3-9(4-2-8)14-13-7-12-6-10(15)16/h1-4,7,14H,6H2,(H,12,13)(H,15,16). The number of aliphatic carboxylic acids is 1. The van der Waals surface area contributed by atoms with Gasteiger partial charge in [-0.05, 0) is 24.3 Å². The number of nitriles is 1. The zero-order valence-corrected chi connectivity index (χ0v) is 8.34. The van der Waals surface area contributed by atoms with Crippen LogP contribution in [0.1, 0.15) is 5.56 Å². The van der Waals surface area contributed by atoms with Crippen molar-refractivity contribution in [3.63, 3.8) is 0 Å². The molecule has 0 atom stereocenters. The van der Waals surface area contributed by atoms with Crippen LogP contribution in [-0.2, 0) is 4.79 Å². The number of benzene rings is 1. The highest BCUT2D eigenvalue weighted by atomic mass is 16.4. The first-order valence-electron chi connectivity index (χ1n) is 4.44. The molecule has 3 N–H and O–H groups in total. The topological polar surface area (TPSA) is 97.5 Å². The summed E-state index contributed by atoms with van der Waals surface area (Å²) in [6.07, 6.45) is 1.26. The summed E-state index contributed by atoms with van der Waals surface area (Å²) >= 11 is 0. The van der Waals surface area contributed by atoms with Crippen molar-refractivity contribution in [3.05, 3.63) is 29.8 Å². The maximum atomic E-state index is 10.1. The van der Waals surface area contributed by atoms with Crippen LogP contribution in [0.25, 0.3) is 0 Å². The molecule has 0 aliphatic heterocycles. The van der Waals surface area contributed by atoms with Crippen molar-refractivity contribution in [3.8, 4) is 6.07 Å². The van der Waals surface area contributed by atoms with Crippen LogP contribution in [0.4, 0.5) is 5.69 Å². The van der Waals surface area contributed by atoms with E-state index in [4.69, 9.17) is 10.4 Å². The van der Waals surface area contributed by atoms with Crippen LogP contribution in [-0.4, -0.2) is 24.0 Å². The number of anilines is 1. The van der Waals surface area contributed by atoms with E-state index in [9.17, 15) is 4.79 Å². The van der Waals surface area contributed by atoms with Gasteiger partial charge >= 0.3 is 5.97 Å². The highest BCUT2D eigenvalue weighted by molar-refractivity contribution is 5.71. The molecule has 0 bridgehead atoms. The predicted molar refractivity (Wildman–Crippen MR) is 58.9 cm³/mol. The third-order valence-electron chi connectivity index (χ3n) is 1.61. The first-order chi connectivity index (χ1) is 7.72. The van der Waals surface area contributed by atoms with Crippen molar-refractivity contribution >= 4 is 18.0 Å². The van der Waals surface area contributed by atoms with Gasteiger partial charge < -0.3 is 10.5 Å². The fourth-order valence-corrected chi connectivity index (χ4v) is 0.913. The van der Waals surface area contributed by atoms with Gasteiger partial charge in [0.1, 0.15) is 12.9 Å². The lowest BCUT2D eigenvalue weighted by atomic mass is 10.2. The Labute approximate surface area is 92.2 Å². The normalized spacial score (nSPS) is 9.69. The monoisotopic (exact) mass is 218 g/mol. The van der Waals surface area contributed by atoms with Crippen LogP contribution in [0, 0.1) is 11.3 Å². The zero-order chi connectivity index (χ0) is 11.8. The minimum atomic E-state index is -0.989. The molecule has 0 fully saturated rings. The first kappa shape index (κ1) is 11.5. The number of carboxylic acid groups (broad SMARTS) is 1. The molecular formula is C10H10N4O2. The van der Waals surface area contributed by atoms with Gasteiger partial charge in [0.15, 0.2) is 0 Å². The average molecular weight is 218 g/mol. The number of nitrogens with one attached hydrogen (secondary N) is 2. The maximum absolute atomic E-state index is 10.1. The summed E-state index contributed by atoms with van der Waals surface area (Å²) in [6, 6.07) is 8.77. The quantitative estimate of drug-likeness (QED) is 0.381. The molecule has 0 aromatic heterocycles. The summed E-state index contributed by atoms with van der Waals surface area (Å²) in [5.74, 6) is -0.989. The van der Waals surface area contributed by atoms with Crippen molar-refractivity contribution < 1.29 is 9.90 Å². The number of hydrazine groups is 1. The van der Waals surface area contributed by atoms with E-state index in [2.05, 4.69) is 15.8 Å². The lowest BCUT2D eigenvalue weighted by Gasteiger charge is -2.04. The summed E-state index contributed by atoms with van der Waals surface area (Å²) in [5.41, 5.74) is 6.70. The van der Waals surface area contributed by atoms with Gasteiger partial charge in [-0.25, -0.2) is 0 Å². The molecule has 0 spiro atoms. The SMILES string of the molecule is N#Cc1ccc(NNC=NCC(=O)O)cc1. The minimum Gasteiger partial charge on any atom is -0.480 e. The lowest BCUT2D eigenvalue weighted by Crippen LogP contribution is -2.20. The van der Waals surface area contributed by atoms with E-state index in [-0.39, 0.29) is 6.54 Å². The summed E-state index contributed by atoms with van der Waals surface area (Å²) in [4.78, 5) is 13.7. The minimum absolute atomic E-state index is 0.276. The van der Waals surface area contributed by atoms with E-state index in [1.54, 1.807) is 24.3 Å². The molecule has 82 valence electrons. The van der Waals surface area contributed by atoms with Gasteiger partial charge in [0.05, 0.1) is 17.3 Å². The van der Waals surface area contributed by atoms with E-state index in [0.717, 1.165) is 5.69 Å². The molecule has 0 saturated carbocycles. The van der Waals surface area contributed by atoms with Crippen molar-refractivity contribution in [1.29, 1.82) is 5.26 Å². The highest BCUT2D eigenvalue weighted by Gasteiger charge is 1.91. The molecule has 16 heavy (non-hydrogen) atoms. The van der Waals surface area contributed by atoms with Crippen LogP contribution >= 0.6 is 0 Å². The van der Waals surface area contributed by atoms with Crippen molar-refractivity contribution in [2.75, 3.05) is 12.0 Å². The van der Waals surface area contributed by atoms with Gasteiger partial charge in [0.2, 0.25) is 0 Å². The molecule has 6 heteroatoms. The Balaban J connectivity index is 2.35. The summed E-state index contributed by atoms with van der Waals surface area (Å²) in [7, 11) is 0. The summed E-state index contributed by atoms with van der Waals surface area (Å²) in [6.45, 7) is -0.276. The Kier molecular flexibility index (Phi) is 4.34. The average Bonchev–Trinajstić information content (AvgIpc) is 2.29. The summed E-state index contributed by atoms with van der Waals surface area (Å²) < 4.78 is 0. The van der Waals surface area contributed by atoms with Crippen LogP contribution in [0.2, 0.25) is 0 Å². The lowest BCUT2D eigenvalue weighted by molar-refractivity contribution is -0.135. The number of hydrogen-bond donors (Lipinski definition) is 3. The van der Waals surface area contributed by atoms with Gasteiger partial charge in [-0.3, -0.25) is 15.2 Å². The molecule has 0 saturated heterocycles. The molecule has 0 unspecified atom stereocenters. The second kappa shape index (κ2) is 6.03. The van der Waals surface area contributed by atoms with Gasteiger partial charge in [-0.1, -0.05) is 0 Å². The van der Waals surface area contributed by atoms with Crippen molar-refractivity contribution in [1.82, 2.24) is 5.43 Å². The molecular weight excluding hydrogens is 208 g/mol. The third kappa shape index (κ3) is 4.11. The van der Waals surface area contributed by atoms with Gasteiger partial charge in [-0.2, -0.15) is 5.26 Å². The van der Waals surface area contributed by atoms with Crippen molar-refractivity contribution in [2.24, 2.45) is 4.99 Å². The van der Waals surface area contributed by atoms with Crippen LogP contribution in [0.5, 0.6) is 0 Å². The maximum Gasteiger partial charge on any atom is 0.325 e. The van der Waals surface area contributed by atoms with Crippen molar-refractivity contribution in [2.45, 2.75) is 0 Å². The highest BCUT2D eigenvalue weighted by Crippen LogP contribution is 2.06. The molecule has 1 aromatic rings. The molecule has 6 nitrogen and oxygen atoms in total. The van der Waals surface area contributed by atoms with Crippen LogP contribution < -0.4 is 10.9 Å². The van der Waals surface area contributed by atoms with E-state index < -0.39 is 5.97 Å². The second-order valence-corrected chi connectivity index (χ2v) is 2.82. The number of nitrogens with zero attached hydrogens (tertiary/aromatic N) is 2. The molecule has 1 aromatic carbocycles. The smallest absolute Gasteiger partial charge is 0.325 e. The molecule has 0 radical (unpaired) electrons. The fraction of sp³-hybridized carbons (Fsp3) is 0.100. The van der Waals surface area contributed by atoms with Gasteiger partial charge in [-0.15, -0.1) is 0 Å². The predicted octanol–water partition coefficient (Wildman–Crippen LogP) is 0.588. The number of aliphatic imine (C=N–C) groups is 1. The van der Waals surface area contributed by atoms with E-state index >= 15 is 0 Å². The molecule has 0 heterocycles. The number of carboxylic acids is 1. The van der Waals surface area contributed by atoms with Crippen LogP contribution in [0.15, 0.2) is 29.3 Å². The fourth-order valence-electron chi connectivity index (χ4n) is 0.913. The largest absolute Gasteiger partial charge is 0.480 e. The molecule has 1 rings (SSSR count). The summed E-state index contributed by atoms with van der Waals surface area (Å²) in [5, 5.41) is 16.9. The third-order valence-corrected chi connectivity index (χ3v) is 1.61. The number of rotatable bonds is 5. The Hall–Kier alpha value is -2.55. The molecule has 0 amide bonds. The Bertz CT molecular complexity index is 419. The second-order valence-electron chi connectivity index (χ2n) is 2.82. The van der Waals surface area contributed by atoms with E-state index in [1.165, 1.54) is 6.34 Å². The van der Waals surface area contributed by atoms with Crippen LogP contribution in [0.3, 0.4) is 0 Å². The Morgan fingerprint density at radius 2 is 2.19 bits per heavy atom. The Morgan fingerprint density at radius 1 is 1.50 bits per heavy atom. The molecule has 0 aliphatic carbocycles. The Morgan fingerprint density at radius 3 is 2.75 bits per heavy atom.